The first-order chi connectivity index (χ1) is 16.7. The quantitative estimate of drug-likeness (QED) is 0.398. The Balaban J connectivity index is 1.65. The van der Waals surface area contributed by atoms with E-state index >= 15 is 0 Å². The number of nitrogens with zero attached hydrogens (tertiary/aromatic N) is 2. The van der Waals surface area contributed by atoms with Gasteiger partial charge in [0.15, 0.2) is 0 Å². The fraction of sp³-hybridized carbons (Fsp3) is 0.346. The van der Waals surface area contributed by atoms with Crippen molar-refractivity contribution < 1.29 is 17.9 Å². The van der Waals surface area contributed by atoms with Gasteiger partial charge in [0.2, 0.25) is 15.9 Å². The number of rotatable bonds is 8. The second-order valence-electron chi connectivity index (χ2n) is 8.96. The highest BCUT2D eigenvalue weighted by Gasteiger charge is 2.35. The number of benzene rings is 2. The molecule has 0 unspecified atom stereocenters. The van der Waals surface area contributed by atoms with E-state index in [-0.39, 0.29) is 35.9 Å². The normalized spacial score (nSPS) is 15.9. The van der Waals surface area contributed by atoms with Crippen LogP contribution in [0.2, 0.25) is 5.02 Å². The van der Waals surface area contributed by atoms with Gasteiger partial charge in [-0.1, -0.05) is 37.6 Å². The summed E-state index contributed by atoms with van der Waals surface area (Å²) in [5, 5.41) is 2.67. The van der Waals surface area contributed by atoms with Crippen molar-refractivity contribution in [1.82, 2.24) is 9.21 Å². The summed E-state index contributed by atoms with van der Waals surface area (Å²) in [5.41, 5.74) is 2.04. The molecule has 1 aromatic heterocycles. The lowest BCUT2D eigenvalue weighted by Gasteiger charge is -2.37. The lowest BCUT2D eigenvalue weighted by atomic mass is 9.93. The summed E-state index contributed by atoms with van der Waals surface area (Å²) in [6.45, 7) is 4.42. The molecule has 1 atom stereocenters. The highest BCUT2D eigenvalue weighted by Crippen LogP contribution is 2.38. The molecule has 1 aliphatic rings. The Morgan fingerprint density at radius 2 is 1.83 bits per heavy atom. The van der Waals surface area contributed by atoms with Crippen LogP contribution >= 0.6 is 22.9 Å². The van der Waals surface area contributed by atoms with Crippen LogP contribution in [0.25, 0.3) is 0 Å². The molecule has 3 aromatic rings. The molecule has 0 saturated carbocycles. The van der Waals surface area contributed by atoms with Crippen LogP contribution in [-0.4, -0.2) is 50.3 Å². The molecule has 0 fully saturated rings. The van der Waals surface area contributed by atoms with E-state index in [0.717, 1.165) is 17.5 Å². The molecular formula is C26H29ClN2O4S2. The smallest absolute Gasteiger partial charge is 0.243 e. The van der Waals surface area contributed by atoms with Crippen LogP contribution in [0.1, 0.15) is 35.9 Å². The molecule has 0 spiro atoms. The van der Waals surface area contributed by atoms with E-state index in [1.54, 1.807) is 28.4 Å². The van der Waals surface area contributed by atoms with E-state index in [0.29, 0.717) is 17.3 Å². The molecule has 0 bridgehead atoms. The fourth-order valence-corrected chi connectivity index (χ4v) is 6.97. The van der Waals surface area contributed by atoms with Gasteiger partial charge in [-0.25, -0.2) is 8.42 Å². The summed E-state index contributed by atoms with van der Waals surface area (Å²) >= 11 is 7.80. The van der Waals surface area contributed by atoms with Crippen molar-refractivity contribution in [2.75, 3.05) is 26.7 Å². The Morgan fingerprint density at radius 1 is 1.14 bits per heavy atom. The van der Waals surface area contributed by atoms with Crippen molar-refractivity contribution in [3.05, 3.63) is 81.0 Å². The van der Waals surface area contributed by atoms with Crippen molar-refractivity contribution in [3.63, 3.8) is 0 Å². The predicted molar refractivity (Wildman–Crippen MR) is 140 cm³/mol. The number of methoxy groups -OCH3 is 1. The molecule has 0 saturated heterocycles. The summed E-state index contributed by atoms with van der Waals surface area (Å²) in [4.78, 5) is 16.9. The zero-order valence-electron chi connectivity index (χ0n) is 20.0. The molecule has 0 radical (unpaired) electrons. The van der Waals surface area contributed by atoms with Crippen LogP contribution in [0.15, 0.2) is 64.9 Å². The Morgan fingerprint density at radius 3 is 2.46 bits per heavy atom. The lowest BCUT2D eigenvalue weighted by Crippen LogP contribution is -2.47. The molecule has 9 heteroatoms. The molecule has 0 aliphatic carbocycles. The van der Waals surface area contributed by atoms with Gasteiger partial charge in [-0.3, -0.25) is 4.79 Å². The van der Waals surface area contributed by atoms with Crippen LogP contribution < -0.4 is 4.74 Å². The summed E-state index contributed by atoms with van der Waals surface area (Å²) < 4.78 is 33.5. The second-order valence-corrected chi connectivity index (χ2v) is 12.3. The van der Waals surface area contributed by atoms with Gasteiger partial charge in [-0.05, 0) is 71.3 Å². The molecule has 1 amide bonds. The van der Waals surface area contributed by atoms with E-state index in [4.69, 9.17) is 16.3 Å². The third kappa shape index (κ3) is 5.56. The zero-order chi connectivity index (χ0) is 25.2. The van der Waals surface area contributed by atoms with Crippen LogP contribution in [0, 0.1) is 5.92 Å². The fourth-order valence-electron chi connectivity index (χ4n) is 4.38. The Labute approximate surface area is 216 Å². The van der Waals surface area contributed by atoms with Crippen molar-refractivity contribution >= 4 is 38.9 Å². The van der Waals surface area contributed by atoms with Crippen molar-refractivity contribution in [2.45, 2.75) is 31.2 Å². The van der Waals surface area contributed by atoms with Gasteiger partial charge in [0.1, 0.15) is 5.75 Å². The number of sulfonamides is 1. The molecule has 186 valence electrons. The maximum absolute atomic E-state index is 13.7. The predicted octanol–water partition coefficient (Wildman–Crippen LogP) is 5.23. The number of fused-ring (bicyclic) bond motifs is 1. The molecule has 1 aliphatic heterocycles. The average Bonchev–Trinajstić information content (AvgIpc) is 3.32. The van der Waals surface area contributed by atoms with Gasteiger partial charge in [0.05, 0.1) is 24.6 Å². The third-order valence-electron chi connectivity index (χ3n) is 6.05. The Bertz CT molecular complexity index is 1270. The zero-order valence-corrected chi connectivity index (χ0v) is 22.4. The molecule has 6 nitrogen and oxygen atoms in total. The number of carbonyl (C=O) groups is 1. The SMILES string of the molecule is COc1ccc(S(=O)(=O)N(CC(=O)N2CCc3sccc3[C@@H]2c2ccc(Cl)cc2)CC(C)C)cc1. The van der Waals surface area contributed by atoms with Crippen LogP contribution in [0.4, 0.5) is 0 Å². The van der Waals surface area contributed by atoms with Gasteiger partial charge in [0.25, 0.3) is 0 Å². The van der Waals surface area contributed by atoms with Crippen LogP contribution in [0.3, 0.4) is 0 Å². The molecule has 4 rings (SSSR count). The summed E-state index contributed by atoms with van der Waals surface area (Å²) in [6.07, 6.45) is 0.748. The minimum Gasteiger partial charge on any atom is -0.497 e. The van der Waals surface area contributed by atoms with Crippen molar-refractivity contribution in [3.8, 4) is 5.75 Å². The number of carbonyl (C=O) groups excluding carboxylic acids is 1. The molecule has 2 heterocycles. The van der Waals surface area contributed by atoms with E-state index in [9.17, 15) is 13.2 Å². The number of amides is 1. The molecule has 2 aromatic carbocycles. The summed E-state index contributed by atoms with van der Waals surface area (Å²) in [5.74, 6) is 0.397. The number of ether oxygens (including phenoxy) is 1. The average molecular weight is 533 g/mol. The van der Waals surface area contributed by atoms with Crippen LogP contribution in [-0.2, 0) is 21.2 Å². The highest BCUT2D eigenvalue weighted by molar-refractivity contribution is 7.89. The first kappa shape index (κ1) is 25.7. The number of hydrogen-bond donors (Lipinski definition) is 0. The number of halogens is 1. The number of thiophene rings is 1. The second kappa shape index (κ2) is 10.7. The third-order valence-corrected chi connectivity index (χ3v) is 9.12. The molecular weight excluding hydrogens is 504 g/mol. The van der Waals surface area contributed by atoms with E-state index in [2.05, 4.69) is 6.07 Å². The van der Waals surface area contributed by atoms with Gasteiger partial charge in [0, 0.05) is 23.0 Å². The van der Waals surface area contributed by atoms with Gasteiger partial charge < -0.3 is 9.64 Å². The van der Waals surface area contributed by atoms with Crippen molar-refractivity contribution in [2.24, 2.45) is 5.92 Å². The summed E-state index contributed by atoms with van der Waals surface area (Å²) in [7, 11) is -2.35. The van der Waals surface area contributed by atoms with E-state index < -0.39 is 10.0 Å². The van der Waals surface area contributed by atoms with Crippen LogP contribution in [0.5, 0.6) is 5.75 Å². The van der Waals surface area contributed by atoms with Gasteiger partial charge in [-0.15, -0.1) is 11.3 Å². The van der Waals surface area contributed by atoms with Gasteiger partial charge in [-0.2, -0.15) is 4.31 Å². The first-order valence-corrected chi connectivity index (χ1v) is 14.2. The lowest BCUT2D eigenvalue weighted by molar-refractivity contribution is -0.133. The Hall–Kier alpha value is -2.39. The van der Waals surface area contributed by atoms with E-state index in [1.807, 2.05) is 43.5 Å². The van der Waals surface area contributed by atoms with E-state index in [1.165, 1.54) is 28.4 Å². The maximum atomic E-state index is 13.7. The maximum Gasteiger partial charge on any atom is 0.243 e. The van der Waals surface area contributed by atoms with Gasteiger partial charge >= 0.3 is 0 Å². The largest absolute Gasteiger partial charge is 0.497 e. The Kier molecular flexibility index (Phi) is 7.86. The first-order valence-electron chi connectivity index (χ1n) is 11.5. The molecule has 0 N–H and O–H groups in total. The van der Waals surface area contributed by atoms with Crippen molar-refractivity contribution in [1.29, 1.82) is 0 Å². The minimum absolute atomic E-state index is 0.0488. The minimum atomic E-state index is -3.88. The summed E-state index contributed by atoms with van der Waals surface area (Å²) in [6, 6.07) is 15.5. The number of hydrogen-bond acceptors (Lipinski definition) is 5. The standard InChI is InChI=1S/C26H29ClN2O4S2/c1-18(2)16-28(35(31,32)22-10-8-21(33-3)9-11-22)17-25(30)29-14-12-24-23(13-15-34-24)26(29)19-4-6-20(27)7-5-19/h4-11,13,15,18,26H,12,14,16-17H2,1-3H3/t26-/m0/s1. The topological polar surface area (TPSA) is 66.9 Å². The highest BCUT2D eigenvalue weighted by atomic mass is 35.5. The molecule has 35 heavy (non-hydrogen) atoms. The monoisotopic (exact) mass is 532 g/mol.